The van der Waals surface area contributed by atoms with Crippen molar-refractivity contribution >= 4 is 44.1 Å². The molecule has 13 rings (SSSR count). The van der Waals surface area contributed by atoms with Gasteiger partial charge in [0.1, 0.15) is 22.2 Å². The van der Waals surface area contributed by atoms with Gasteiger partial charge in [0, 0.05) is 44.2 Å². The van der Waals surface area contributed by atoms with Crippen molar-refractivity contribution in [3.8, 4) is 90.5 Å². The van der Waals surface area contributed by atoms with Gasteiger partial charge >= 0.3 is 0 Å². The average molecular weight is 862 g/mol. The van der Waals surface area contributed by atoms with E-state index >= 15 is 0 Å². The Balaban J connectivity index is 0.852. The highest BCUT2D eigenvalue weighted by Crippen LogP contribution is 2.37. The molecule has 314 valence electrons. The number of furan rings is 1. The molecule has 0 spiro atoms. The van der Waals surface area contributed by atoms with E-state index in [0.29, 0.717) is 29.3 Å². The summed E-state index contributed by atoms with van der Waals surface area (Å²) in [7, 11) is 0. The molecule has 9 aromatic carbocycles. The molecule has 0 radical (unpaired) electrons. The first-order valence-corrected chi connectivity index (χ1v) is 22.0. The van der Waals surface area contributed by atoms with Gasteiger partial charge in [-0.3, -0.25) is 0 Å². The number of hydrogen-bond donors (Lipinski definition) is 0. The van der Waals surface area contributed by atoms with Gasteiger partial charge in [-0.25, -0.2) is 24.9 Å². The Kier molecular flexibility index (Phi) is 8.99. The van der Waals surface area contributed by atoms with E-state index in [1.54, 1.807) is 0 Å². The molecule has 0 atom stereocenters. The summed E-state index contributed by atoms with van der Waals surface area (Å²) in [5.74, 6) is 2.90. The van der Waals surface area contributed by atoms with Crippen LogP contribution in [0.25, 0.3) is 135 Å². The summed E-state index contributed by atoms with van der Waals surface area (Å²) < 4.78 is 18.8. The van der Waals surface area contributed by atoms with E-state index in [0.717, 1.165) is 105 Å². The number of fused-ring (bicyclic) bond motifs is 5. The van der Waals surface area contributed by atoms with Gasteiger partial charge in [-0.1, -0.05) is 158 Å². The maximum absolute atomic E-state index is 6.38. The van der Waals surface area contributed by atoms with Crippen LogP contribution in [0.1, 0.15) is 0 Å². The normalized spacial score (nSPS) is 11.6. The van der Waals surface area contributed by atoms with Crippen molar-refractivity contribution in [1.29, 1.82) is 0 Å². The summed E-state index contributed by atoms with van der Waals surface area (Å²) in [5.41, 5.74) is 15.4. The van der Waals surface area contributed by atoms with Crippen molar-refractivity contribution in [2.45, 2.75) is 0 Å². The second kappa shape index (κ2) is 15.8. The van der Waals surface area contributed by atoms with Crippen LogP contribution >= 0.6 is 0 Å². The van der Waals surface area contributed by atoms with Gasteiger partial charge < -0.3 is 13.3 Å². The van der Waals surface area contributed by atoms with Gasteiger partial charge in [-0.15, -0.1) is 0 Å². The van der Waals surface area contributed by atoms with Crippen LogP contribution in [0.15, 0.2) is 226 Å². The second-order valence-electron chi connectivity index (χ2n) is 16.5. The monoisotopic (exact) mass is 861 g/mol. The highest BCUT2D eigenvalue weighted by molar-refractivity contribution is 6.09. The van der Waals surface area contributed by atoms with Gasteiger partial charge in [0.05, 0.1) is 0 Å². The second-order valence-corrected chi connectivity index (χ2v) is 16.5. The highest BCUT2D eigenvalue weighted by Gasteiger charge is 2.17. The summed E-state index contributed by atoms with van der Waals surface area (Å²) in [4.78, 5) is 24.7. The zero-order chi connectivity index (χ0) is 44.3. The Morgan fingerprint density at radius 3 is 1.18 bits per heavy atom. The molecule has 0 aliphatic heterocycles. The summed E-state index contributed by atoms with van der Waals surface area (Å²) >= 11 is 0. The van der Waals surface area contributed by atoms with Crippen molar-refractivity contribution in [3.63, 3.8) is 0 Å². The molecular formula is C59H35N5O3. The van der Waals surface area contributed by atoms with Crippen molar-refractivity contribution < 1.29 is 13.3 Å². The molecule has 0 fully saturated rings. The molecule has 67 heavy (non-hydrogen) atoms. The van der Waals surface area contributed by atoms with E-state index in [1.807, 2.05) is 103 Å². The minimum atomic E-state index is 0.565. The zero-order valence-corrected chi connectivity index (χ0v) is 35.7. The van der Waals surface area contributed by atoms with E-state index in [2.05, 4.69) is 109 Å². The molecule has 4 aromatic heterocycles. The van der Waals surface area contributed by atoms with Crippen molar-refractivity contribution in [2.75, 3.05) is 0 Å². The quantitative estimate of drug-likeness (QED) is 0.149. The SMILES string of the molecule is c1ccc(-c2nc3ccc(-c4ccc(-c5nc(-c6ccc(-c7ccc8nc(-c9ccccc9)oc8c7)cc6)nc(-c6ccc(-c7cccc8c7oc7ccccc78)cc6)n5)cc4)cc3o2)cc1. The van der Waals surface area contributed by atoms with Crippen LogP contribution < -0.4 is 0 Å². The van der Waals surface area contributed by atoms with Crippen LogP contribution in [0.2, 0.25) is 0 Å². The molecule has 0 unspecified atom stereocenters. The van der Waals surface area contributed by atoms with Crippen LogP contribution in [0.5, 0.6) is 0 Å². The molecule has 8 nitrogen and oxygen atoms in total. The first-order valence-electron chi connectivity index (χ1n) is 22.0. The van der Waals surface area contributed by atoms with Gasteiger partial charge in [0.15, 0.2) is 28.6 Å². The number of benzene rings is 9. The Morgan fingerprint density at radius 1 is 0.254 bits per heavy atom. The predicted octanol–water partition coefficient (Wildman–Crippen LogP) is 15.4. The van der Waals surface area contributed by atoms with Crippen molar-refractivity contribution in [1.82, 2.24) is 24.9 Å². The molecule has 0 amide bonds. The first kappa shape index (κ1) is 38.2. The lowest BCUT2D eigenvalue weighted by atomic mass is 10.0. The van der Waals surface area contributed by atoms with E-state index in [1.165, 1.54) is 0 Å². The number of aromatic nitrogens is 5. The first-order chi connectivity index (χ1) is 33.1. The maximum atomic E-state index is 6.38. The van der Waals surface area contributed by atoms with Gasteiger partial charge in [0.2, 0.25) is 11.8 Å². The lowest BCUT2D eigenvalue weighted by Crippen LogP contribution is -2.00. The average Bonchev–Trinajstić information content (AvgIpc) is 4.15. The van der Waals surface area contributed by atoms with E-state index in [9.17, 15) is 0 Å². The fourth-order valence-corrected chi connectivity index (χ4v) is 8.78. The molecular weight excluding hydrogens is 827 g/mol. The Hall–Kier alpha value is -9.27. The largest absolute Gasteiger partial charge is 0.455 e. The molecule has 4 heterocycles. The fourth-order valence-electron chi connectivity index (χ4n) is 8.78. The van der Waals surface area contributed by atoms with Gasteiger partial charge in [-0.2, -0.15) is 0 Å². The number of hydrogen-bond acceptors (Lipinski definition) is 8. The van der Waals surface area contributed by atoms with Gasteiger partial charge in [-0.05, 0) is 82.4 Å². The molecule has 0 aliphatic carbocycles. The van der Waals surface area contributed by atoms with Crippen molar-refractivity contribution in [3.05, 3.63) is 212 Å². The Labute approximate surface area is 383 Å². The molecule has 0 aliphatic rings. The van der Waals surface area contributed by atoms with Crippen LogP contribution in [-0.4, -0.2) is 24.9 Å². The summed E-state index contributed by atoms with van der Waals surface area (Å²) in [5, 5.41) is 2.19. The van der Waals surface area contributed by atoms with E-state index in [-0.39, 0.29) is 0 Å². The fraction of sp³-hybridized carbons (Fsp3) is 0. The van der Waals surface area contributed by atoms with Crippen LogP contribution in [0, 0.1) is 0 Å². The summed E-state index contributed by atoms with van der Waals surface area (Å²) in [6.45, 7) is 0. The highest BCUT2D eigenvalue weighted by atomic mass is 16.4. The summed E-state index contributed by atoms with van der Waals surface area (Å²) in [6.07, 6.45) is 0. The van der Waals surface area contributed by atoms with Crippen molar-refractivity contribution in [2.24, 2.45) is 0 Å². The lowest BCUT2D eigenvalue weighted by Gasteiger charge is -2.10. The predicted molar refractivity (Wildman–Crippen MR) is 266 cm³/mol. The number of nitrogens with zero attached hydrogens (tertiary/aromatic N) is 5. The van der Waals surface area contributed by atoms with Gasteiger partial charge in [0.25, 0.3) is 0 Å². The minimum Gasteiger partial charge on any atom is -0.455 e. The van der Waals surface area contributed by atoms with Crippen LogP contribution in [0.4, 0.5) is 0 Å². The van der Waals surface area contributed by atoms with E-state index < -0.39 is 0 Å². The maximum Gasteiger partial charge on any atom is 0.227 e. The molecule has 13 aromatic rings. The Morgan fingerprint density at radius 2 is 0.672 bits per heavy atom. The number of rotatable bonds is 8. The van der Waals surface area contributed by atoms with Crippen LogP contribution in [0.3, 0.4) is 0 Å². The third-order valence-electron chi connectivity index (χ3n) is 12.3. The minimum absolute atomic E-state index is 0.565. The lowest BCUT2D eigenvalue weighted by molar-refractivity contribution is 0.619. The third kappa shape index (κ3) is 7.01. The molecule has 8 heteroatoms. The van der Waals surface area contributed by atoms with Crippen LogP contribution in [-0.2, 0) is 0 Å². The molecule has 0 N–H and O–H groups in total. The topological polar surface area (TPSA) is 104 Å². The Bertz CT molecular complexity index is 3770. The standard InChI is InChI=1S/C59H35N5O3/c1-3-10-42(11-4-1)58-60-49-32-30-44(34-52(49)66-58)36-18-24-39(25-19-36)55-62-56(40-26-20-37(21-27-40)45-31-33-50-53(35-45)67-59(61-50)43-12-5-2-6-13-43)64-57(63-55)41-28-22-38(23-29-41)46-15-9-16-48-47-14-7-8-17-51(47)65-54(46)48/h1-35H. The van der Waals surface area contributed by atoms with E-state index in [4.69, 9.17) is 38.2 Å². The summed E-state index contributed by atoms with van der Waals surface area (Å²) in [6, 6.07) is 71.5. The molecule has 0 bridgehead atoms. The molecule has 0 saturated heterocycles. The number of para-hydroxylation sites is 2. The molecule has 0 saturated carbocycles. The third-order valence-corrected chi connectivity index (χ3v) is 12.3. The zero-order valence-electron chi connectivity index (χ0n) is 35.7. The number of oxazole rings is 2. The smallest absolute Gasteiger partial charge is 0.227 e.